The molecular formula is C13H10FN3O2S. The maximum atomic E-state index is 13.1. The van der Waals surface area contributed by atoms with Gasteiger partial charge in [0.05, 0.1) is 17.4 Å². The van der Waals surface area contributed by atoms with Crippen LogP contribution < -0.4 is 4.31 Å². The van der Waals surface area contributed by atoms with Gasteiger partial charge in [-0.15, -0.1) is 0 Å². The number of para-hydroxylation sites is 1. The Labute approximate surface area is 116 Å². The number of benzene rings is 1. The van der Waals surface area contributed by atoms with Crippen LogP contribution in [0, 0.1) is 17.1 Å². The Morgan fingerprint density at radius 2 is 2.00 bits per heavy atom. The Morgan fingerprint density at radius 3 is 2.65 bits per heavy atom. The lowest BCUT2D eigenvalue weighted by Crippen LogP contribution is -2.27. The summed E-state index contributed by atoms with van der Waals surface area (Å²) in [7, 11) is -2.67. The van der Waals surface area contributed by atoms with Crippen molar-refractivity contribution < 1.29 is 12.8 Å². The van der Waals surface area contributed by atoms with Gasteiger partial charge in [0.15, 0.2) is 0 Å². The van der Waals surface area contributed by atoms with Crippen LogP contribution >= 0.6 is 0 Å². The van der Waals surface area contributed by atoms with Crippen LogP contribution in [-0.4, -0.2) is 20.4 Å². The van der Waals surface area contributed by atoms with Crippen molar-refractivity contribution in [3.8, 4) is 6.07 Å². The van der Waals surface area contributed by atoms with Gasteiger partial charge in [-0.2, -0.15) is 5.26 Å². The number of rotatable bonds is 3. The van der Waals surface area contributed by atoms with Gasteiger partial charge < -0.3 is 0 Å². The van der Waals surface area contributed by atoms with Crippen molar-refractivity contribution in [1.29, 1.82) is 5.26 Å². The number of aromatic nitrogens is 1. The minimum Gasteiger partial charge on any atom is -0.268 e. The highest BCUT2D eigenvalue weighted by atomic mass is 32.2. The van der Waals surface area contributed by atoms with Crippen LogP contribution in [0.1, 0.15) is 5.56 Å². The van der Waals surface area contributed by atoms with E-state index in [0.29, 0.717) is 0 Å². The molecule has 0 fully saturated rings. The highest BCUT2D eigenvalue weighted by molar-refractivity contribution is 7.92. The zero-order valence-electron chi connectivity index (χ0n) is 10.5. The lowest BCUT2D eigenvalue weighted by molar-refractivity contribution is 0.587. The first kappa shape index (κ1) is 14.0. The van der Waals surface area contributed by atoms with Gasteiger partial charge in [0.25, 0.3) is 10.0 Å². The van der Waals surface area contributed by atoms with Crippen molar-refractivity contribution in [2.24, 2.45) is 0 Å². The maximum absolute atomic E-state index is 13.1. The first-order valence-corrected chi connectivity index (χ1v) is 6.99. The molecule has 0 atom stereocenters. The number of pyridine rings is 1. The predicted molar refractivity (Wildman–Crippen MR) is 70.9 cm³/mol. The molecule has 0 radical (unpaired) electrons. The highest BCUT2D eigenvalue weighted by Crippen LogP contribution is 2.24. The van der Waals surface area contributed by atoms with Crippen LogP contribution in [0.25, 0.3) is 0 Å². The third-order valence-corrected chi connectivity index (χ3v) is 4.44. The summed E-state index contributed by atoms with van der Waals surface area (Å²) < 4.78 is 38.8. The summed E-state index contributed by atoms with van der Waals surface area (Å²) in [6.07, 6.45) is 1.98. The molecule has 0 bridgehead atoms. The van der Waals surface area contributed by atoms with Crippen molar-refractivity contribution in [1.82, 2.24) is 4.98 Å². The molecule has 20 heavy (non-hydrogen) atoms. The molecule has 0 aliphatic rings. The molecule has 2 aromatic rings. The Bertz CT molecular complexity index is 784. The Morgan fingerprint density at radius 1 is 1.30 bits per heavy atom. The number of halogens is 1. The fourth-order valence-electron chi connectivity index (χ4n) is 1.66. The average Bonchev–Trinajstić information content (AvgIpc) is 2.46. The van der Waals surface area contributed by atoms with E-state index in [9.17, 15) is 12.8 Å². The molecule has 102 valence electrons. The van der Waals surface area contributed by atoms with E-state index in [2.05, 4.69) is 4.98 Å². The van der Waals surface area contributed by atoms with Crippen LogP contribution in [-0.2, 0) is 10.0 Å². The summed E-state index contributed by atoms with van der Waals surface area (Å²) in [6.45, 7) is 0. The lowest BCUT2D eigenvalue weighted by atomic mass is 10.2. The molecule has 0 unspecified atom stereocenters. The molecule has 0 aliphatic heterocycles. The van der Waals surface area contributed by atoms with Gasteiger partial charge in [-0.05, 0) is 18.2 Å². The Kier molecular flexibility index (Phi) is 3.68. The van der Waals surface area contributed by atoms with E-state index in [1.165, 1.54) is 19.2 Å². The largest absolute Gasteiger partial charge is 0.268 e. The predicted octanol–water partition coefficient (Wildman–Crippen LogP) is 1.92. The first-order valence-electron chi connectivity index (χ1n) is 5.55. The van der Waals surface area contributed by atoms with E-state index in [1.54, 1.807) is 12.1 Å². The minimum absolute atomic E-state index is 0.211. The molecule has 1 heterocycles. The van der Waals surface area contributed by atoms with Crippen molar-refractivity contribution in [2.75, 3.05) is 11.4 Å². The molecule has 0 saturated carbocycles. The van der Waals surface area contributed by atoms with Crippen molar-refractivity contribution in [2.45, 2.75) is 4.90 Å². The molecular weight excluding hydrogens is 281 g/mol. The van der Waals surface area contributed by atoms with Gasteiger partial charge in [-0.1, -0.05) is 12.1 Å². The van der Waals surface area contributed by atoms with Crippen LogP contribution in [0.3, 0.4) is 0 Å². The SMILES string of the molecule is CN(c1ccccc1C#N)S(=O)(=O)c1cncc(F)c1. The minimum atomic E-state index is -3.97. The van der Waals surface area contributed by atoms with Gasteiger partial charge >= 0.3 is 0 Å². The van der Waals surface area contributed by atoms with Crippen LogP contribution in [0.15, 0.2) is 47.6 Å². The summed E-state index contributed by atoms with van der Waals surface area (Å²) in [5.74, 6) is -0.743. The van der Waals surface area contributed by atoms with Crippen LogP contribution in [0.4, 0.5) is 10.1 Å². The van der Waals surface area contributed by atoms with Crippen molar-refractivity contribution in [3.05, 3.63) is 54.1 Å². The fourth-order valence-corrected chi connectivity index (χ4v) is 2.85. The Balaban J connectivity index is 2.52. The number of sulfonamides is 1. The molecule has 1 aromatic heterocycles. The lowest BCUT2D eigenvalue weighted by Gasteiger charge is -2.20. The van der Waals surface area contributed by atoms with Gasteiger partial charge in [0, 0.05) is 13.2 Å². The van der Waals surface area contributed by atoms with E-state index >= 15 is 0 Å². The maximum Gasteiger partial charge on any atom is 0.265 e. The standard InChI is InChI=1S/C13H10FN3O2S/c1-17(13-5-3-2-4-10(13)7-15)20(18,19)12-6-11(14)8-16-9-12/h2-6,8-9H,1H3. The molecule has 5 nitrogen and oxygen atoms in total. The second-order valence-corrected chi connectivity index (χ2v) is 5.91. The van der Waals surface area contributed by atoms with Gasteiger partial charge in [-0.3, -0.25) is 9.29 Å². The van der Waals surface area contributed by atoms with Gasteiger partial charge in [-0.25, -0.2) is 12.8 Å². The smallest absolute Gasteiger partial charge is 0.265 e. The molecule has 1 aromatic carbocycles. The molecule has 0 saturated heterocycles. The van der Waals surface area contributed by atoms with E-state index in [4.69, 9.17) is 5.26 Å². The molecule has 0 spiro atoms. The van der Waals surface area contributed by atoms with Crippen molar-refractivity contribution >= 4 is 15.7 Å². The molecule has 0 amide bonds. The third kappa shape index (κ3) is 2.46. The number of nitriles is 1. The molecule has 2 rings (SSSR count). The van der Waals surface area contributed by atoms with E-state index < -0.39 is 15.8 Å². The number of hydrogen-bond acceptors (Lipinski definition) is 4. The number of hydrogen-bond donors (Lipinski definition) is 0. The third-order valence-electron chi connectivity index (χ3n) is 2.70. The zero-order valence-corrected chi connectivity index (χ0v) is 11.3. The number of nitrogens with zero attached hydrogens (tertiary/aromatic N) is 3. The monoisotopic (exact) mass is 291 g/mol. The van der Waals surface area contributed by atoms with E-state index in [1.807, 2.05) is 6.07 Å². The van der Waals surface area contributed by atoms with Crippen molar-refractivity contribution in [3.63, 3.8) is 0 Å². The van der Waals surface area contributed by atoms with Crippen LogP contribution in [0.5, 0.6) is 0 Å². The van der Waals surface area contributed by atoms with Gasteiger partial charge in [0.1, 0.15) is 16.8 Å². The topological polar surface area (TPSA) is 74.1 Å². The van der Waals surface area contributed by atoms with Crippen LogP contribution in [0.2, 0.25) is 0 Å². The Hall–Kier alpha value is -2.46. The molecule has 0 aliphatic carbocycles. The first-order chi connectivity index (χ1) is 9.46. The summed E-state index contributed by atoms with van der Waals surface area (Å²) in [5, 5.41) is 9.00. The highest BCUT2D eigenvalue weighted by Gasteiger charge is 2.23. The summed E-state index contributed by atoms with van der Waals surface area (Å²) in [5.41, 5.74) is 0.433. The summed E-state index contributed by atoms with van der Waals surface area (Å²) in [6, 6.07) is 9.05. The normalized spacial score (nSPS) is 10.8. The number of anilines is 1. The summed E-state index contributed by atoms with van der Waals surface area (Å²) in [4.78, 5) is 3.25. The quantitative estimate of drug-likeness (QED) is 0.866. The summed E-state index contributed by atoms with van der Waals surface area (Å²) >= 11 is 0. The fraction of sp³-hybridized carbons (Fsp3) is 0.0769. The second-order valence-electron chi connectivity index (χ2n) is 3.94. The molecule has 7 heteroatoms. The zero-order chi connectivity index (χ0) is 14.8. The molecule has 0 N–H and O–H groups in total. The van der Waals surface area contributed by atoms with Gasteiger partial charge in [0.2, 0.25) is 0 Å². The van der Waals surface area contributed by atoms with E-state index in [-0.39, 0.29) is 16.1 Å². The van der Waals surface area contributed by atoms with E-state index in [0.717, 1.165) is 22.8 Å². The second kappa shape index (κ2) is 5.27. The average molecular weight is 291 g/mol.